The highest BCUT2D eigenvalue weighted by atomic mass is 79.9. The molecule has 0 saturated heterocycles. The molecule has 0 atom stereocenters. The van der Waals surface area contributed by atoms with E-state index in [2.05, 4.69) is 52.7 Å². The highest BCUT2D eigenvalue weighted by Gasteiger charge is 2.16. The lowest BCUT2D eigenvalue weighted by Crippen LogP contribution is -2.13. The molecule has 0 bridgehead atoms. The Morgan fingerprint density at radius 2 is 2.06 bits per heavy atom. The number of nitrogens with zero attached hydrogens (tertiary/aromatic N) is 2. The van der Waals surface area contributed by atoms with E-state index in [1.807, 2.05) is 17.6 Å². The molecule has 0 radical (unpaired) electrons. The van der Waals surface area contributed by atoms with Gasteiger partial charge in [-0.3, -0.25) is 4.98 Å². The molecular formula is C12H13BrN2S. The van der Waals surface area contributed by atoms with Crippen LogP contribution >= 0.6 is 27.3 Å². The van der Waals surface area contributed by atoms with E-state index in [1.54, 1.807) is 11.3 Å². The van der Waals surface area contributed by atoms with E-state index in [1.165, 1.54) is 0 Å². The van der Waals surface area contributed by atoms with Crippen molar-refractivity contribution >= 4 is 27.3 Å². The van der Waals surface area contributed by atoms with Crippen molar-refractivity contribution < 1.29 is 0 Å². The minimum Gasteiger partial charge on any atom is -0.261 e. The van der Waals surface area contributed by atoms with Crippen LogP contribution in [0.3, 0.4) is 0 Å². The van der Waals surface area contributed by atoms with Crippen LogP contribution in [0.4, 0.5) is 0 Å². The van der Waals surface area contributed by atoms with Gasteiger partial charge in [-0.15, -0.1) is 11.3 Å². The van der Waals surface area contributed by atoms with Gasteiger partial charge in [-0.2, -0.15) is 0 Å². The number of rotatable bonds is 1. The first-order chi connectivity index (χ1) is 7.47. The third-order valence-corrected chi connectivity index (χ3v) is 3.85. The largest absolute Gasteiger partial charge is 0.261 e. The predicted octanol–water partition coefficient (Wildman–Crippen LogP) is 4.27. The van der Waals surface area contributed by atoms with Crippen molar-refractivity contribution in [3.05, 3.63) is 34.0 Å². The minimum absolute atomic E-state index is 0.0739. The van der Waals surface area contributed by atoms with Crippen LogP contribution in [0.25, 0.3) is 10.6 Å². The fourth-order valence-electron chi connectivity index (χ4n) is 1.36. The van der Waals surface area contributed by atoms with Crippen molar-refractivity contribution in [1.82, 2.24) is 9.97 Å². The van der Waals surface area contributed by atoms with Crippen molar-refractivity contribution in [2.75, 3.05) is 0 Å². The summed E-state index contributed by atoms with van der Waals surface area (Å²) in [7, 11) is 0. The molecule has 2 rings (SSSR count). The van der Waals surface area contributed by atoms with Gasteiger partial charge in [0.15, 0.2) is 0 Å². The van der Waals surface area contributed by atoms with Crippen molar-refractivity contribution in [2.24, 2.45) is 0 Å². The second-order valence-corrected chi connectivity index (χ2v) is 6.33. The van der Waals surface area contributed by atoms with Crippen LogP contribution in [0, 0.1) is 0 Å². The molecule has 0 unspecified atom stereocenters. The molecule has 0 spiro atoms. The molecule has 2 aromatic heterocycles. The zero-order valence-corrected chi connectivity index (χ0v) is 11.9. The van der Waals surface area contributed by atoms with Gasteiger partial charge in [0, 0.05) is 28.2 Å². The van der Waals surface area contributed by atoms with Crippen LogP contribution in [0.5, 0.6) is 0 Å². The standard InChI is InChI=1S/C12H13BrN2S/c1-12(2,3)9-6-8(4-5-14-9)11-15-10(13)7-16-11/h4-7H,1-3H3. The highest BCUT2D eigenvalue weighted by Crippen LogP contribution is 2.28. The molecule has 0 fully saturated rings. The Balaban J connectivity index is 2.44. The number of hydrogen-bond acceptors (Lipinski definition) is 3. The molecule has 0 aromatic carbocycles. The normalized spacial score (nSPS) is 11.8. The monoisotopic (exact) mass is 296 g/mol. The summed E-state index contributed by atoms with van der Waals surface area (Å²) in [6, 6.07) is 4.12. The van der Waals surface area contributed by atoms with Crippen molar-refractivity contribution in [3.63, 3.8) is 0 Å². The summed E-state index contributed by atoms with van der Waals surface area (Å²) in [4.78, 5) is 8.82. The van der Waals surface area contributed by atoms with Gasteiger partial charge in [-0.1, -0.05) is 20.8 Å². The quantitative estimate of drug-likeness (QED) is 0.785. The molecule has 0 aliphatic carbocycles. The summed E-state index contributed by atoms with van der Waals surface area (Å²) >= 11 is 5.01. The lowest BCUT2D eigenvalue weighted by molar-refractivity contribution is 0.569. The summed E-state index contributed by atoms with van der Waals surface area (Å²) in [5.41, 5.74) is 2.30. The average molecular weight is 297 g/mol. The number of pyridine rings is 1. The molecule has 16 heavy (non-hydrogen) atoms. The van der Waals surface area contributed by atoms with E-state index < -0.39 is 0 Å². The zero-order valence-electron chi connectivity index (χ0n) is 9.49. The molecule has 2 aromatic rings. The Bertz CT molecular complexity index is 500. The molecule has 2 nitrogen and oxygen atoms in total. The Hall–Kier alpha value is -0.740. The fourth-order valence-corrected chi connectivity index (χ4v) is 2.61. The summed E-state index contributed by atoms with van der Waals surface area (Å²) in [5, 5.41) is 3.02. The van der Waals surface area contributed by atoms with Gasteiger partial charge >= 0.3 is 0 Å². The van der Waals surface area contributed by atoms with E-state index in [4.69, 9.17) is 0 Å². The van der Waals surface area contributed by atoms with Crippen LogP contribution in [-0.4, -0.2) is 9.97 Å². The van der Waals surface area contributed by atoms with Crippen LogP contribution < -0.4 is 0 Å². The van der Waals surface area contributed by atoms with Crippen molar-refractivity contribution in [3.8, 4) is 10.6 Å². The zero-order chi connectivity index (χ0) is 11.8. The average Bonchev–Trinajstić information content (AvgIpc) is 2.64. The van der Waals surface area contributed by atoms with Gasteiger partial charge in [0.05, 0.1) is 0 Å². The first kappa shape index (κ1) is 11.7. The highest BCUT2D eigenvalue weighted by molar-refractivity contribution is 9.10. The smallest absolute Gasteiger partial charge is 0.124 e. The van der Waals surface area contributed by atoms with Gasteiger partial charge in [-0.05, 0) is 28.1 Å². The molecule has 84 valence electrons. The number of aromatic nitrogens is 2. The van der Waals surface area contributed by atoms with Crippen molar-refractivity contribution in [1.29, 1.82) is 0 Å². The maximum absolute atomic E-state index is 4.41. The van der Waals surface area contributed by atoms with Gasteiger partial charge in [0.25, 0.3) is 0 Å². The summed E-state index contributed by atoms with van der Waals surface area (Å²) in [6.45, 7) is 6.49. The first-order valence-electron chi connectivity index (χ1n) is 5.05. The molecule has 0 aliphatic heterocycles. The molecule has 0 amide bonds. The predicted molar refractivity (Wildman–Crippen MR) is 71.7 cm³/mol. The van der Waals surface area contributed by atoms with E-state index in [9.17, 15) is 0 Å². The maximum atomic E-state index is 4.41. The second kappa shape index (κ2) is 4.26. The third kappa shape index (κ3) is 2.50. The lowest BCUT2D eigenvalue weighted by Gasteiger charge is -2.17. The Morgan fingerprint density at radius 3 is 2.62 bits per heavy atom. The van der Waals surface area contributed by atoms with E-state index in [0.717, 1.165) is 20.9 Å². The molecule has 4 heteroatoms. The minimum atomic E-state index is 0.0739. The van der Waals surface area contributed by atoms with Gasteiger partial charge in [-0.25, -0.2) is 4.98 Å². The maximum Gasteiger partial charge on any atom is 0.124 e. The Morgan fingerprint density at radius 1 is 1.31 bits per heavy atom. The van der Waals surface area contributed by atoms with E-state index in [-0.39, 0.29) is 5.41 Å². The second-order valence-electron chi connectivity index (χ2n) is 4.66. The van der Waals surface area contributed by atoms with E-state index in [0.29, 0.717) is 0 Å². The Kier molecular flexibility index (Phi) is 3.13. The van der Waals surface area contributed by atoms with Crippen LogP contribution in [0.2, 0.25) is 0 Å². The van der Waals surface area contributed by atoms with Gasteiger partial charge in [0.1, 0.15) is 9.61 Å². The SMILES string of the molecule is CC(C)(C)c1cc(-c2nc(Br)cs2)ccn1. The Labute approximate surface area is 108 Å². The van der Waals surface area contributed by atoms with Gasteiger partial charge < -0.3 is 0 Å². The fraction of sp³-hybridized carbons (Fsp3) is 0.333. The molecule has 2 heterocycles. The number of hydrogen-bond donors (Lipinski definition) is 0. The summed E-state index contributed by atoms with van der Waals surface area (Å²) in [5.74, 6) is 0. The first-order valence-corrected chi connectivity index (χ1v) is 6.72. The summed E-state index contributed by atoms with van der Waals surface area (Å²) in [6.07, 6.45) is 1.85. The van der Waals surface area contributed by atoms with Crippen LogP contribution in [0.15, 0.2) is 28.3 Å². The number of halogens is 1. The van der Waals surface area contributed by atoms with Gasteiger partial charge in [0.2, 0.25) is 0 Å². The molecule has 0 saturated carbocycles. The topological polar surface area (TPSA) is 25.8 Å². The molecule has 0 N–H and O–H groups in total. The number of thiazole rings is 1. The lowest BCUT2D eigenvalue weighted by atomic mass is 9.91. The van der Waals surface area contributed by atoms with E-state index >= 15 is 0 Å². The molecular weight excluding hydrogens is 284 g/mol. The van der Waals surface area contributed by atoms with Crippen LogP contribution in [0.1, 0.15) is 26.5 Å². The van der Waals surface area contributed by atoms with Crippen LogP contribution in [-0.2, 0) is 5.41 Å². The molecule has 0 aliphatic rings. The third-order valence-electron chi connectivity index (χ3n) is 2.25. The van der Waals surface area contributed by atoms with Crippen molar-refractivity contribution in [2.45, 2.75) is 26.2 Å². The summed E-state index contributed by atoms with van der Waals surface area (Å²) < 4.78 is 0.890.